The van der Waals surface area contributed by atoms with Gasteiger partial charge in [-0.2, -0.15) is 0 Å². The Balaban J connectivity index is 1.68. The first-order valence-electron chi connectivity index (χ1n) is 8.22. The number of nitrogens with one attached hydrogen (secondary N) is 1. The van der Waals surface area contributed by atoms with Gasteiger partial charge in [0.2, 0.25) is 5.91 Å². The second-order valence-electron chi connectivity index (χ2n) is 5.95. The Kier molecular flexibility index (Phi) is 4.98. The summed E-state index contributed by atoms with van der Waals surface area (Å²) in [7, 11) is 1.27. The maximum absolute atomic E-state index is 12.4. The number of ether oxygens (including phenoxy) is 1. The van der Waals surface area contributed by atoms with Crippen molar-refractivity contribution in [2.75, 3.05) is 7.11 Å². The van der Waals surface area contributed by atoms with Crippen molar-refractivity contribution in [2.24, 2.45) is 0 Å². The van der Waals surface area contributed by atoms with Crippen LogP contribution >= 0.6 is 0 Å². The van der Waals surface area contributed by atoms with E-state index in [1.807, 2.05) is 0 Å². The van der Waals surface area contributed by atoms with E-state index < -0.39 is 29.7 Å². The monoisotopic (exact) mass is 367 g/mol. The Labute approximate surface area is 155 Å². The molecule has 0 aliphatic carbocycles. The smallest absolute Gasteiger partial charge is 0.337 e. The third kappa shape index (κ3) is 3.41. The first-order valence-corrected chi connectivity index (χ1v) is 8.22. The largest absolute Gasteiger partial charge is 0.465 e. The second-order valence-corrected chi connectivity index (χ2v) is 5.95. The minimum atomic E-state index is -0.985. The number of hydrogen-bond donors (Lipinski definition) is 1. The number of fused-ring (bicyclic) bond motifs is 1. The number of hydrogen-bond acceptors (Lipinski definition) is 6. The van der Waals surface area contributed by atoms with Crippen molar-refractivity contribution in [1.29, 1.82) is 0 Å². The average molecular weight is 367 g/mol. The normalized spacial score (nSPS) is 13.9. The van der Waals surface area contributed by atoms with Gasteiger partial charge in [-0.3, -0.25) is 24.3 Å². The first kappa shape index (κ1) is 18.2. The Morgan fingerprint density at radius 3 is 2.37 bits per heavy atom. The Hall–Kier alpha value is -3.55. The molecule has 0 fully saturated rings. The summed E-state index contributed by atoms with van der Waals surface area (Å²) in [5.74, 6) is -2.01. The highest BCUT2D eigenvalue weighted by Crippen LogP contribution is 2.24. The van der Waals surface area contributed by atoms with Crippen LogP contribution in [0.5, 0.6) is 0 Å². The number of carbonyl (C=O) groups excluding carboxylic acids is 4. The molecule has 8 nitrogen and oxygen atoms in total. The summed E-state index contributed by atoms with van der Waals surface area (Å²) in [6.07, 6.45) is 1.43. The van der Waals surface area contributed by atoms with Gasteiger partial charge in [-0.25, -0.2) is 4.79 Å². The molecule has 0 radical (unpaired) electrons. The number of amides is 3. The Morgan fingerprint density at radius 1 is 1.15 bits per heavy atom. The molecule has 3 amide bonds. The number of aromatic nitrogens is 1. The molecule has 0 bridgehead atoms. The topological polar surface area (TPSA) is 106 Å². The van der Waals surface area contributed by atoms with Gasteiger partial charge in [0.1, 0.15) is 6.04 Å². The molecule has 27 heavy (non-hydrogen) atoms. The van der Waals surface area contributed by atoms with Crippen molar-refractivity contribution in [3.05, 3.63) is 65.0 Å². The van der Waals surface area contributed by atoms with Crippen LogP contribution in [0.3, 0.4) is 0 Å². The van der Waals surface area contributed by atoms with Gasteiger partial charge in [-0.15, -0.1) is 0 Å². The lowest BCUT2D eigenvalue weighted by molar-refractivity contribution is -0.124. The lowest BCUT2D eigenvalue weighted by Crippen LogP contribution is -2.47. The zero-order valence-electron chi connectivity index (χ0n) is 14.8. The van der Waals surface area contributed by atoms with Crippen molar-refractivity contribution < 1.29 is 23.9 Å². The molecule has 1 atom stereocenters. The molecule has 1 aromatic carbocycles. The number of nitrogens with zero attached hydrogens (tertiary/aromatic N) is 2. The molecule has 1 aromatic heterocycles. The number of benzene rings is 1. The summed E-state index contributed by atoms with van der Waals surface area (Å²) in [4.78, 5) is 53.9. The summed E-state index contributed by atoms with van der Waals surface area (Å²) >= 11 is 0. The zero-order chi connectivity index (χ0) is 19.6. The molecular weight excluding hydrogens is 350 g/mol. The average Bonchev–Trinajstić information content (AvgIpc) is 2.96. The van der Waals surface area contributed by atoms with Gasteiger partial charge in [0.15, 0.2) is 0 Å². The highest BCUT2D eigenvalue weighted by molar-refractivity contribution is 6.22. The Morgan fingerprint density at radius 2 is 1.78 bits per heavy atom. The molecule has 8 heteroatoms. The van der Waals surface area contributed by atoms with Gasteiger partial charge in [-0.05, 0) is 31.2 Å². The minimum Gasteiger partial charge on any atom is -0.465 e. The van der Waals surface area contributed by atoms with Crippen molar-refractivity contribution in [2.45, 2.75) is 19.5 Å². The van der Waals surface area contributed by atoms with E-state index in [4.69, 9.17) is 0 Å². The minimum absolute atomic E-state index is 0.0389. The van der Waals surface area contributed by atoms with E-state index in [0.29, 0.717) is 11.3 Å². The molecule has 138 valence electrons. The molecule has 1 aliphatic rings. The van der Waals surface area contributed by atoms with Gasteiger partial charge in [0.25, 0.3) is 11.8 Å². The van der Waals surface area contributed by atoms with Crippen LogP contribution < -0.4 is 5.32 Å². The van der Waals surface area contributed by atoms with Crippen LogP contribution in [-0.4, -0.2) is 46.7 Å². The van der Waals surface area contributed by atoms with Crippen LogP contribution in [0.1, 0.15) is 43.7 Å². The van der Waals surface area contributed by atoms with E-state index in [1.165, 1.54) is 32.4 Å². The molecule has 1 unspecified atom stereocenters. The lowest BCUT2D eigenvalue weighted by Gasteiger charge is -2.21. The van der Waals surface area contributed by atoms with Gasteiger partial charge in [0, 0.05) is 6.20 Å². The van der Waals surface area contributed by atoms with E-state index in [1.54, 1.807) is 24.3 Å². The van der Waals surface area contributed by atoms with Crippen molar-refractivity contribution in [3.8, 4) is 0 Å². The molecular formula is C19H17N3O5. The van der Waals surface area contributed by atoms with Gasteiger partial charge in [-0.1, -0.05) is 12.1 Å². The van der Waals surface area contributed by atoms with Crippen LogP contribution in [-0.2, 0) is 16.1 Å². The number of esters is 1. The Bertz CT molecular complexity index is 905. The molecule has 0 spiro atoms. The van der Waals surface area contributed by atoms with Crippen LogP contribution in [0.2, 0.25) is 0 Å². The predicted octanol–water partition coefficient (Wildman–Crippen LogP) is 1.17. The first-order chi connectivity index (χ1) is 12.9. The molecule has 2 heterocycles. The molecule has 2 aromatic rings. The third-order valence-electron chi connectivity index (χ3n) is 4.27. The summed E-state index contributed by atoms with van der Waals surface area (Å²) in [5, 5.41) is 2.63. The van der Waals surface area contributed by atoms with Gasteiger partial charge < -0.3 is 10.1 Å². The summed E-state index contributed by atoms with van der Waals surface area (Å²) in [5.41, 5.74) is 1.33. The summed E-state index contributed by atoms with van der Waals surface area (Å²) in [6, 6.07) is 8.46. The maximum Gasteiger partial charge on any atom is 0.337 e. The fourth-order valence-corrected chi connectivity index (χ4v) is 2.82. The fourth-order valence-electron chi connectivity index (χ4n) is 2.82. The van der Waals surface area contributed by atoms with Crippen LogP contribution in [0.4, 0.5) is 0 Å². The SMILES string of the molecule is COC(=O)c1ccnc(CNC(=O)C(C)N2C(=O)c3ccccc3C2=O)c1. The molecule has 3 rings (SSSR count). The van der Waals surface area contributed by atoms with Crippen LogP contribution in [0, 0.1) is 0 Å². The maximum atomic E-state index is 12.4. The number of imide groups is 1. The highest BCUT2D eigenvalue weighted by Gasteiger charge is 2.40. The number of carbonyl (C=O) groups is 4. The highest BCUT2D eigenvalue weighted by atomic mass is 16.5. The van der Waals surface area contributed by atoms with Crippen molar-refractivity contribution in [1.82, 2.24) is 15.2 Å². The van der Waals surface area contributed by atoms with E-state index in [0.717, 1.165) is 4.90 Å². The van der Waals surface area contributed by atoms with Crippen LogP contribution in [0.15, 0.2) is 42.6 Å². The number of pyridine rings is 1. The quantitative estimate of drug-likeness (QED) is 0.628. The molecule has 0 saturated carbocycles. The van der Waals surface area contributed by atoms with Crippen LogP contribution in [0.25, 0.3) is 0 Å². The van der Waals surface area contributed by atoms with E-state index in [2.05, 4.69) is 15.0 Å². The third-order valence-corrected chi connectivity index (χ3v) is 4.27. The lowest BCUT2D eigenvalue weighted by atomic mass is 10.1. The van der Waals surface area contributed by atoms with E-state index in [9.17, 15) is 19.2 Å². The van der Waals surface area contributed by atoms with Crippen molar-refractivity contribution >= 4 is 23.7 Å². The van der Waals surface area contributed by atoms with Gasteiger partial charge in [0.05, 0.1) is 36.0 Å². The second kappa shape index (κ2) is 7.36. The predicted molar refractivity (Wildman–Crippen MR) is 93.8 cm³/mol. The fraction of sp³-hybridized carbons (Fsp3) is 0.211. The zero-order valence-corrected chi connectivity index (χ0v) is 14.8. The molecule has 1 N–H and O–H groups in total. The summed E-state index contributed by atoms with van der Waals surface area (Å²) in [6.45, 7) is 1.52. The van der Waals surface area contributed by atoms with Crippen molar-refractivity contribution in [3.63, 3.8) is 0 Å². The number of rotatable bonds is 5. The molecule has 1 aliphatic heterocycles. The van der Waals surface area contributed by atoms with E-state index in [-0.39, 0.29) is 17.7 Å². The van der Waals surface area contributed by atoms with E-state index >= 15 is 0 Å². The summed E-state index contributed by atoms with van der Waals surface area (Å²) < 4.78 is 4.64. The molecule has 0 saturated heterocycles. The van der Waals surface area contributed by atoms with Gasteiger partial charge >= 0.3 is 5.97 Å². The number of methoxy groups -OCH3 is 1. The standard InChI is InChI=1S/C19H17N3O5/c1-11(22-17(24)14-5-3-4-6-15(14)18(22)25)16(23)21-10-13-9-12(7-8-20-13)19(26)27-2/h3-9,11H,10H2,1-2H3,(H,21,23).